The summed E-state index contributed by atoms with van der Waals surface area (Å²) in [6.45, 7) is 7.96. The van der Waals surface area contributed by atoms with Gasteiger partial charge in [-0.15, -0.1) is 14.1 Å². The van der Waals surface area contributed by atoms with Gasteiger partial charge >= 0.3 is 45.5 Å². The molecule has 0 atom stereocenters. The summed E-state index contributed by atoms with van der Waals surface area (Å²) in [5.74, 6) is 0. The molecule has 0 bridgehead atoms. The Kier molecular flexibility index (Phi) is 20.1. The Labute approximate surface area is 155 Å². The van der Waals surface area contributed by atoms with E-state index < -0.39 is 0 Å². The fourth-order valence-corrected chi connectivity index (χ4v) is 0.900. The first-order valence-electron chi connectivity index (χ1n) is 6.00. The maximum Gasteiger partial charge on any atom is 2.00 e. The zero-order chi connectivity index (χ0) is 14.6. The standard InChI is InChI=1S/2C7H13N2.Sr/c2*1-6(8-3)5-7(2)9-4;/h2*5H,1-4H3;/q2*-1;+2/p+2/b2*6-5-,9-7?;. The van der Waals surface area contributed by atoms with Crippen molar-refractivity contribution in [3.63, 3.8) is 0 Å². The third kappa shape index (κ3) is 17.9. The molecule has 0 amide bonds. The number of rotatable bonds is 4. The van der Waals surface area contributed by atoms with Gasteiger partial charge in [0, 0.05) is 13.8 Å². The Balaban J connectivity index is -0.000000256. The van der Waals surface area contributed by atoms with Crippen molar-refractivity contribution in [2.45, 2.75) is 27.7 Å². The summed E-state index contributed by atoms with van der Waals surface area (Å²) >= 11 is 0. The maximum absolute atomic E-state index is 3.98. The Morgan fingerprint density at radius 2 is 1.00 bits per heavy atom. The largest absolute Gasteiger partial charge is 2.00 e. The van der Waals surface area contributed by atoms with Gasteiger partial charge in [0.2, 0.25) is 0 Å². The molecule has 0 aromatic heterocycles. The molecule has 0 heterocycles. The summed E-state index contributed by atoms with van der Waals surface area (Å²) in [7, 11) is 7.37. The van der Waals surface area contributed by atoms with Crippen LogP contribution in [0.2, 0.25) is 0 Å². The molecule has 0 aromatic carbocycles. The number of nitrogens with one attached hydrogen (secondary N) is 2. The number of hydrogen-bond donors (Lipinski definition) is 2. The van der Waals surface area contributed by atoms with Crippen molar-refractivity contribution in [1.82, 2.24) is 0 Å². The minimum absolute atomic E-state index is 0. The second kappa shape index (κ2) is 16.0. The van der Waals surface area contributed by atoms with Crippen LogP contribution in [-0.2, 0) is 0 Å². The molecular weight excluding hydrogens is 312 g/mol. The van der Waals surface area contributed by atoms with Crippen LogP contribution < -0.4 is 9.98 Å². The van der Waals surface area contributed by atoms with Gasteiger partial charge in [-0.3, -0.25) is 0 Å². The van der Waals surface area contributed by atoms with Gasteiger partial charge in [0.15, 0.2) is 11.4 Å². The van der Waals surface area contributed by atoms with E-state index in [0.717, 1.165) is 22.8 Å². The quantitative estimate of drug-likeness (QED) is 0.524. The van der Waals surface area contributed by atoms with E-state index in [-0.39, 0.29) is 45.5 Å². The molecule has 0 saturated carbocycles. The minimum Gasteiger partial charge on any atom is -0.690 e. The molecular formula is C14H28N4Sr+2. The average Bonchev–Trinajstić information content (AvgIpc) is 2.38. The van der Waals surface area contributed by atoms with Crippen LogP contribution in [0.15, 0.2) is 23.5 Å². The smallest absolute Gasteiger partial charge is 0.690 e. The van der Waals surface area contributed by atoms with Gasteiger partial charge in [-0.2, -0.15) is 11.4 Å². The van der Waals surface area contributed by atoms with Crippen LogP contribution in [0.5, 0.6) is 0 Å². The molecule has 0 saturated heterocycles. The van der Waals surface area contributed by atoms with Crippen molar-refractivity contribution in [2.75, 3.05) is 28.2 Å². The van der Waals surface area contributed by atoms with Gasteiger partial charge in [0.25, 0.3) is 0 Å². The summed E-state index contributed by atoms with van der Waals surface area (Å²) in [6, 6.07) is 0. The molecule has 0 unspecified atom stereocenters. The van der Waals surface area contributed by atoms with E-state index in [1.807, 2.05) is 53.9 Å². The zero-order valence-corrected chi connectivity index (χ0v) is 17.2. The van der Waals surface area contributed by atoms with E-state index >= 15 is 0 Å². The molecule has 0 spiro atoms. The van der Waals surface area contributed by atoms with Crippen LogP contribution in [-0.4, -0.2) is 85.1 Å². The van der Waals surface area contributed by atoms with Crippen molar-refractivity contribution in [2.24, 2.45) is 0 Å². The van der Waals surface area contributed by atoms with Crippen molar-refractivity contribution in [3.05, 3.63) is 34.2 Å². The van der Waals surface area contributed by atoms with E-state index in [9.17, 15) is 0 Å². The van der Waals surface area contributed by atoms with E-state index in [1.54, 1.807) is 14.1 Å². The third-order valence-electron chi connectivity index (χ3n) is 2.34. The Morgan fingerprint density at radius 3 is 1.16 bits per heavy atom. The molecule has 0 aliphatic heterocycles. The molecule has 0 radical (unpaired) electrons. The molecule has 0 aliphatic rings. The first-order valence-corrected chi connectivity index (χ1v) is 6.00. The van der Waals surface area contributed by atoms with Crippen molar-refractivity contribution >= 4 is 56.9 Å². The summed E-state index contributed by atoms with van der Waals surface area (Å²) in [6.07, 6.45) is 4.00. The average molecular weight is 340 g/mol. The molecule has 5 heteroatoms. The van der Waals surface area contributed by atoms with Gasteiger partial charge < -0.3 is 10.6 Å². The molecule has 0 aliphatic carbocycles. The molecule has 104 valence electrons. The topological polar surface area (TPSA) is 56.1 Å². The van der Waals surface area contributed by atoms with Gasteiger partial charge in [-0.25, -0.2) is 9.98 Å². The summed E-state index contributed by atoms with van der Waals surface area (Å²) < 4.78 is 0. The molecule has 4 nitrogen and oxygen atoms in total. The van der Waals surface area contributed by atoms with Crippen LogP contribution >= 0.6 is 0 Å². The molecule has 19 heavy (non-hydrogen) atoms. The van der Waals surface area contributed by atoms with Crippen LogP contribution in [0.3, 0.4) is 0 Å². The van der Waals surface area contributed by atoms with E-state index in [0.29, 0.717) is 0 Å². The van der Waals surface area contributed by atoms with Crippen molar-refractivity contribution in [1.29, 1.82) is 0 Å². The predicted molar refractivity (Wildman–Crippen MR) is 87.0 cm³/mol. The second-order valence-electron chi connectivity index (χ2n) is 3.88. The SMILES string of the molecule is C[N-]/C(C)=C\C(C)=[NH+]C.C[N-]/C(C)=C\C(C)=[NH+]C.[Sr+2]. The van der Waals surface area contributed by atoms with Gasteiger partial charge in [0.1, 0.15) is 14.1 Å². The first kappa shape index (κ1) is 24.0. The second-order valence-corrected chi connectivity index (χ2v) is 3.88. The Bertz CT molecular complexity index is 307. The van der Waals surface area contributed by atoms with Crippen LogP contribution in [0, 0.1) is 0 Å². The van der Waals surface area contributed by atoms with E-state index in [2.05, 4.69) is 20.6 Å². The Morgan fingerprint density at radius 1 is 0.737 bits per heavy atom. The number of nitrogens with zero attached hydrogens (tertiary/aromatic N) is 2. The molecule has 0 aromatic rings. The van der Waals surface area contributed by atoms with Crippen molar-refractivity contribution < 1.29 is 9.98 Å². The predicted octanol–water partition coefficient (Wildman–Crippen LogP) is -0.251. The molecule has 2 N–H and O–H groups in total. The van der Waals surface area contributed by atoms with Crippen molar-refractivity contribution in [3.8, 4) is 0 Å². The zero-order valence-electron chi connectivity index (χ0n) is 13.8. The summed E-state index contributed by atoms with van der Waals surface area (Å²) in [5, 5.41) is 7.95. The van der Waals surface area contributed by atoms with E-state index in [1.165, 1.54) is 0 Å². The van der Waals surface area contributed by atoms with Gasteiger partial charge in [-0.05, 0) is 12.2 Å². The maximum atomic E-state index is 3.98. The minimum atomic E-state index is 0. The summed E-state index contributed by atoms with van der Waals surface area (Å²) in [5.41, 5.74) is 4.36. The number of allylic oxidation sites excluding steroid dienone is 4. The monoisotopic (exact) mass is 340 g/mol. The van der Waals surface area contributed by atoms with E-state index in [4.69, 9.17) is 0 Å². The fraction of sp³-hybridized carbons (Fsp3) is 0.571. The molecule has 0 fully saturated rings. The number of hydrogen-bond acceptors (Lipinski definition) is 0. The Hall–Kier alpha value is -0.0995. The van der Waals surface area contributed by atoms with Crippen LogP contribution in [0.1, 0.15) is 27.7 Å². The third-order valence-corrected chi connectivity index (χ3v) is 2.34. The molecule has 0 rings (SSSR count). The first-order chi connectivity index (χ1) is 8.40. The normalized spacial score (nSPS) is 13.1. The van der Waals surface area contributed by atoms with Crippen LogP contribution in [0.25, 0.3) is 10.6 Å². The summed E-state index contributed by atoms with van der Waals surface area (Å²) in [4.78, 5) is 6.02. The van der Waals surface area contributed by atoms with Crippen LogP contribution in [0.4, 0.5) is 0 Å². The van der Waals surface area contributed by atoms with Gasteiger partial charge in [0.05, 0.1) is 0 Å². The fourth-order valence-electron chi connectivity index (χ4n) is 0.900. The van der Waals surface area contributed by atoms with Gasteiger partial charge in [-0.1, -0.05) is 13.8 Å².